The van der Waals surface area contributed by atoms with Crippen molar-refractivity contribution in [2.24, 2.45) is 5.92 Å². The zero-order valence-corrected chi connectivity index (χ0v) is 8.96. The molecule has 0 spiro atoms. The summed E-state index contributed by atoms with van der Waals surface area (Å²) in [6.45, 7) is 0.938. The maximum atomic E-state index is 10.6. The summed E-state index contributed by atoms with van der Waals surface area (Å²) in [6, 6.07) is 0. The number of methoxy groups -OCH3 is 2. The molecule has 0 fully saturated rings. The monoisotopic (exact) mass is 212 g/mol. The van der Waals surface area contributed by atoms with Crippen LogP contribution in [0.3, 0.4) is 0 Å². The summed E-state index contributed by atoms with van der Waals surface area (Å²) in [5.41, 5.74) is 0. The predicted molar refractivity (Wildman–Crippen MR) is 48.0 cm³/mol. The molecule has 0 saturated carbocycles. The normalized spacial score (nSPS) is 12.3. The van der Waals surface area contributed by atoms with Gasteiger partial charge >= 0.3 is 0 Å². The smallest absolute Gasteiger partial charge is 0.264 e. The topological polar surface area (TPSA) is 61.8 Å². The van der Waals surface area contributed by atoms with Gasteiger partial charge in [0.1, 0.15) is 0 Å². The average Bonchev–Trinajstić information content (AvgIpc) is 2.00. The second-order valence-corrected chi connectivity index (χ2v) is 4.41. The van der Waals surface area contributed by atoms with Gasteiger partial charge in [-0.2, -0.15) is 8.42 Å². The van der Waals surface area contributed by atoms with Crippen LogP contribution >= 0.6 is 0 Å². The molecular weight excluding hydrogens is 196 g/mol. The van der Waals surface area contributed by atoms with Crippen molar-refractivity contribution in [3.8, 4) is 0 Å². The van der Waals surface area contributed by atoms with E-state index in [1.54, 1.807) is 14.2 Å². The van der Waals surface area contributed by atoms with E-state index in [0.29, 0.717) is 13.2 Å². The Balaban J connectivity index is 3.81. The quantitative estimate of drug-likeness (QED) is 0.550. The van der Waals surface area contributed by atoms with Crippen LogP contribution < -0.4 is 0 Å². The molecule has 0 heterocycles. The number of hydrogen-bond donors (Lipinski definition) is 0. The molecule has 0 atom stereocenters. The SMILES string of the molecule is COCC(COC)COS(C)(=O)=O. The Kier molecular flexibility index (Phi) is 6.23. The van der Waals surface area contributed by atoms with Gasteiger partial charge in [0.2, 0.25) is 0 Å². The minimum atomic E-state index is -3.37. The third kappa shape index (κ3) is 8.17. The van der Waals surface area contributed by atoms with E-state index in [2.05, 4.69) is 4.18 Å². The molecule has 0 rings (SSSR count). The first-order valence-corrected chi connectivity index (χ1v) is 5.63. The molecule has 13 heavy (non-hydrogen) atoms. The fraction of sp³-hybridized carbons (Fsp3) is 1.00. The Morgan fingerprint density at radius 1 is 1.08 bits per heavy atom. The molecule has 0 bridgehead atoms. The summed E-state index contributed by atoms with van der Waals surface area (Å²) in [7, 11) is -0.277. The minimum Gasteiger partial charge on any atom is -0.384 e. The van der Waals surface area contributed by atoms with Crippen LogP contribution in [0.5, 0.6) is 0 Å². The lowest BCUT2D eigenvalue weighted by Crippen LogP contribution is -2.22. The molecule has 0 amide bonds. The highest BCUT2D eigenvalue weighted by Crippen LogP contribution is 2.01. The van der Waals surface area contributed by atoms with Crippen molar-refractivity contribution >= 4 is 10.1 Å². The Morgan fingerprint density at radius 3 is 1.85 bits per heavy atom. The molecule has 0 aliphatic heterocycles. The van der Waals surface area contributed by atoms with E-state index in [-0.39, 0.29) is 12.5 Å². The number of ether oxygens (including phenoxy) is 2. The molecular formula is C7H16O5S. The van der Waals surface area contributed by atoms with Gasteiger partial charge in [0.15, 0.2) is 0 Å². The zero-order chi connectivity index (χ0) is 10.3. The van der Waals surface area contributed by atoms with E-state index in [1.807, 2.05) is 0 Å². The second kappa shape index (κ2) is 6.31. The third-order valence-corrected chi connectivity index (χ3v) is 1.89. The summed E-state index contributed by atoms with van der Waals surface area (Å²) in [4.78, 5) is 0. The Morgan fingerprint density at radius 2 is 1.54 bits per heavy atom. The molecule has 80 valence electrons. The van der Waals surface area contributed by atoms with Crippen LogP contribution in [0.1, 0.15) is 0 Å². The molecule has 6 heteroatoms. The first-order valence-electron chi connectivity index (χ1n) is 3.82. The van der Waals surface area contributed by atoms with Crippen LogP contribution in [0.4, 0.5) is 0 Å². The third-order valence-electron chi connectivity index (χ3n) is 1.32. The van der Waals surface area contributed by atoms with E-state index in [4.69, 9.17) is 9.47 Å². The number of hydrogen-bond acceptors (Lipinski definition) is 5. The fourth-order valence-electron chi connectivity index (χ4n) is 0.836. The lowest BCUT2D eigenvalue weighted by atomic mass is 10.2. The maximum Gasteiger partial charge on any atom is 0.264 e. The maximum absolute atomic E-state index is 10.6. The second-order valence-electron chi connectivity index (χ2n) is 2.77. The Bertz CT molecular complexity index is 205. The van der Waals surface area contributed by atoms with Crippen molar-refractivity contribution in [2.45, 2.75) is 0 Å². The van der Waals surface area contributed by atoms with Gasteiger partial charge < -0.3 is 9.47 Å². The average molecular weight is 212 g/mol. The summed E-state index contributed by atoms with van der Waals surface area (Å²) in [5, 5.41) is 0. The lowest BCUT2D eigenvalue weighted by Gasteiger charge is -2.13. The molecule has 0 aliphatic carbocycles. The molecule has 0 unspecified atom stereocenters. The summed E-state index contributed by atoms with van der Waals surface area (Å²) >= 11 is 0. The summed E-state index contributed by atoms with van der Waals surface area (Å²) < 4.78 is 35.6. The highest BCUT2D eigenvalue weighted by Gasteiger charge is 2.11. The van der Waals surface area contributed by atoms with Crippen LogP contribution in [0, 0.1) is 5.92 Å². The van der Waals surface area contributed by atoms with Crippen LogP contribution in [0.25, 0.3) is 0 Å². The van der Waals surface area contributed by atoms with Crippen molar-refractivity contribution < 1.29 is 22.1 Å². The number of rotatable bonds is 7. The first-order chi connectivity index (χ1) is 5.99. The van der Waals surface area contributed by atoms with Crippen molar-refractivity contribution in [1.29, 1.82) is 0 Å². The standard InChI is InChI=1S/C7H16O5S/c1-10-4-7(5-11-2)6-12-13(3,8)9/h7H,4-6H2,1-3H3. The summed E-state index contributed by atoms with van der Waals surface area (Å²) in [5.74, 6) is -0.0512. The molecule has 0 aromatic rings. The van der Waals surface area contributed by atoms with Gasteiger partial charge in [-0.1, -0.05) is 0 Å². The van der Waals surface area contributed by atoms with Crippen molar-refractivity contribution in [1.82, 2.24) is 0 Å². The highest BCUT2D eigenvalue weighted by molar-refractivity contribution is 7.85. The molecule has 0 radical (unpaired) electrons. The first kappa shape index (κ1) is 12.8. The van der Waals surface area contributed by atoms with Crippen molar-refractivity contribution in [3.63, 3.8) is 0 Å². The fourth-order valence-corrected chi connectivity index (χ4v) is 1.28. The Labute approximate surface area is 79.1 Å². The zero-order valence-electron chi connectivity index (χ0n) is 8.15. The van der Waals surface area contributed by atoms with Crippen LogP contribution in [-0.2, 0) is 23.8 Å². The minimum absolute atomic E-state index is 0.0512. The van der Waals surface area contributed by atoms with E-state index in [1.165, 1.54) is 0 Å². The van der Waals surface area contributed by atoms with E-state index in [9.17, 15) is 8.42 Å². The van der Waals surface area contributed by atoms with E-state index in [0.717, 1.165) is 6.26 Å². The Hall–Kier alpha value is -0.170. The lowest BCUT2D eigenvalue weighted by molar-refractivity contribution is 0.0597. The van der Waals surface area contributed by atoms with Gasteiger partial charge in [-0.25, -0.2) is 0 Å². The molecule has 5 nitrogen and oxygen atoms in total. The predicted octanol–water partition coefficient (Wildman–Crippen LogP) is -0.128. The van der Waals surface area contributed by atoms with Crippen LogP contribution in [0.2, 0.25) is 0 Å². The van der Waals surface area contributed by atoms with Gasteiger partial charge in [-0.05, 0) is 0 Å². The van der Waals surface area contributed by atoms with Crippen LogP contribution in [0.15, 0.2) is 0 Å². The molecule has 0 aromatic carbocycles. The van der Waals surface area contributed by atoms with Gasteiger partial charge in [-0.15, -0.1) is 0 Å². The molecule has 0 aromatic heterocycles. The van der Waals surface area contributed by atoms with E-state index < -0.39 is 10.1 Å². The largest absolute Gasteiger partial charge is 0.384 e. The highest BCUT2D eigenvalue weighted by atomic mass is 32.2. The van der Waals surface area contributed by atoms with Crippen molar-refractivity contribution in [2.75, 3.05) is 40.3 Å². The van der Waals surface area contributed by atoms with Crippen molar-refractivity contribution in [3.05, 3.63) is 0 Å². The van der Waals surface area contributed by atoms with Gasteiger partial charge in [-0.3, -0.25) is 4.18 Å². The van der Waals surface area contributed by atoms with Gasteiger partial charge in [0.25, 0.3) is 10.1 Å². The van der Waals surface area contributed by atoms with Gasteiger partial charge in [0, 0.05) is 20.1 Å². The molecule has 0 aliphatic rings. The molecule has 0 N–H and O–H groups in total. The van der Waals surface area contributed by atoms with E-state index >= 15 is 0 Å². The molecule has 0 saturated heterocycles. The van der Waals surface area contributed by atoms with Crippen LogP contribution in [-0.4, -0.2) is 48.7 Å². The van der Waals surface area contributed by atoms with Gasteiger partial charge in [0.05, 0.1) is 26.1 Å². The summed E-state index contributed by atoms with van der Waals surface area (Å²) in [6.07, 6.45) is 1.02.